The highest BCUT2D eigenvalue weighted by Crippen LogP contribution is 2.28. The Morgan fingerprint density at radius 2 is 2.00 bits per heavy atom. The lowest BCUT2D eigenvalue weighted by atomic mass is 9.84. The lowest BCUT2D eigenvalue weighted by Crippen LogP contribution is -2.17. The number of rotatable bonds is 6. The van der Waals surface area contributed by atoms with E-state index in [1.54, 1.807) is 0 Å². The van der Waals surface area contributed by atoms with Gasteiger partial charge in [-0.25, -0.2) is 4.98 Å². The Bertz CT molecular complexity index is 310. The smallest absolute Gasteiger partial charge is 0.108 e. The summed E-state index contributed by atoms with van der Waals surface area (Å²) >= 11 is 0. The molecule has 0 unspecified atom stereocenters. The molecule has 2 nitrogen and oxygen atoms in total. The molecule has 0 saturated heterocycles. The zero-order valence-corrected chi connectivity index (χ0v) is 11.4. The normalized spacial score (nSPS) is 12.4. The van der Waals surface area contributed by atoms with Crippen molar-refractivity contribution in [2.24, 2.45) is 0 Å². The van der Waals surface area contributed by atoms with Crippen molar-refractivity contribution >= 4 is 0 Å². The van der Waals surface area contributed by atoms with Gasteiger partial charge in [0.2, 0.25) is 0 Å². The molecule has 1 rings (SSSR count). The van der Waals surface area contributed by atoms with Gasteiger partial charge in [-0.05, 0) is 6.42 Å². The maximum Gasteiger partial charge on any atom is 0.108 e. The number of aromatic nitrogens is 2. The topological polar surface area (TPSA) is 28.7 Å². The second kappa shape index (κ2) is 5.51. The van der Waals surface area contributed by atoms with E-state index in [0.29, 0.717) is 5.92 Å². The number of imidazole rings is 1. The van der Waals surface area contributed by atoms with Crippen LogP contribution in [0.3, 0.4) is 0 Å². The van der Waals surface area contributed by atoms with Gasteiger partial charge in [0.1, 0.15) is 5.82 Å². The Balaban J connectivity index is 2.65. The van der Waals surface area contributed by atoms with Crippen LogP contribution in [0.15, 0.2) is 6.20 Å². The third-order valence-electron chi connectivity index (χ3n) is 3.28. The molecule has 1 heterocycles. The number of unbranched alkanes of at least 4 members (excludes halogenated alkanes) is 2. The van der Waals surface area contributed by atoms with Crippen LogP contribution in [0.5, 0.6) is 0 Å². The lowest BCUT2D eigenvalue weighted by molar-refractivity contribution is 0.439. The standard InChI is InChI=1S/C14H26N2/c1-6-7-8-9-14(4,5)12-10-15-13(16-12)11(2)3/h10-11H,6-9H2,1-5H3,(H,15,16). The van der Waals surface area contributed by atoms with Crippen LogP contribution in [0, 0.1) is 0 Å². The molecule has 0 saturated carbocycles. The number of nitrogens with one attached hydrogen (secondary N) is 1. The van der Waals surface area contributed by atoms with E-state index in [9.17, 15) is 0 Å². The summed E-state index contributed by atoms with van der Waals surface area (Å²) in [7, 11) is 0. The second-order valence-electron chi connectivity index (χ2n) is 5.68. The first-order chi connectivity index (χ1) is 7.47. The van der Waals surface area contributed by atoms with E-state index in [1.165, 1.54) is 31.4 Å². The number of aromatic amines is 1. The van der Waals surface area contributed by atoms with E-state index in [1.807, 2.05) is 6.20 Å². The maximum absolute atomic E-state index is 4.45. The van der Waals surface area contributed by atoms with E-state index in [0.717, 1.165) is 5.82 Å². The van der Waals surface area contributed by atoms with Gasteiger partial charge in [-0.15, -0.1) is 0 Å². The van der Waals surface area contributed by atoms with E-state index < -0.39 is 0 Å². The Labute approximate surface area is 99.9 Å². The molecule has 2 heteroatoms. The molecule has 0 aliphatic carbocycles. The number of H-pyrrole nitrogens is 1. The highest BCUT2D eigenvalue weighted by molar-refractivity contribution is 5.14. The first-order valence-corrected chi connectivity index (χ1v) is 6.52. The molecule has 0 fully saturated rings. The van der Waals surface area contributed by atoms with Crippen LogP contribution in [0.2, 0.25) is 0 Å². The Hall–Kier alpha value is -0.790. The van der Waals surface area contributed by atoms with Gasteiger partial charge >= 0.3 is 0 Å². The quantitative estimate of drug-likeness (QED) is 0.710. The van der Waals surface area contributed by atoms with Crippen LogP contribution in [-0.4, -0.2) is 9.97 Å². The van der Waals surface area contributed by atoms with Gasteiger partial charge in [-0.3, -0.25) is 0 Å². The van der Waals surface area contributed by atoms with Gasteiger partial charge in [0.25, 0.3) is 0 Å². The third-order valence-corrected chi connectivity index (χ3v) is 3.28. The highest BCUT2D eigenvalue weighted by atomic mass is 14.9. The molecule has 92 valence electrons. The second-order valence-corrected chi connectivity index (χ2v) is 5.68. The summed E-state index contributed by atoms with van der Waals surface area (Å²) in [6.07, 6.45) is 7.17. The Kier molecular flexibility index (Phi) is 4.57. The summed E-state index contributed by atoms with van der Waals surface area (Å²) in [4.78, 5) is 7.92. The first-order valence-electron chi connectivity index (χ1n) is 6.52. The maximum atomic E-state index is 4.45. The first kappa shape index (κ1) is 13.3. The molecular weight excluding hydrogens is 196 g/mol. The summed E-state index contributed by atoms with van der Waals surface area (Å²) < 4.78 is 0. The summed E-state index contributed by atoms with van der Waals surface area (Å²) in [5.41, 5.74) is 1.52. The molecule has 1 aromatic heterocycles. The zero-order chi connectivity index (χ0) is 12.2. The van der Waals surface area contributed by atoms with E-state index in [4.69, 9.17) is 0 Å². The summed E-state index contributed by atoms with van der Waals surface area (Å²) in [5.74, 6) is 1.60. The van der Waals surface area contributed by atoms with Gasteiger partial charge in [0.05, 0.1) is 0 Å². The van der Waals surface area contributed by atoms with Crippen molar-refractivity contribution in [1.29, 1.82) is 0 Å². The van der Waals surface area contributed by atoms with Crippen LogP contribution in [-0.2, 0) is 5.41 Å². The van der Waals surface area contributed by atoms with Gasteiger partial charge in [-0.1, -0.05) is 53.9 Å². The van der Waals surface area contributed by atoms with Crippen molar-refractivity contribution in [1.82, 2.24) is 9.97 Å². The largest absolute Gasteiger partial charge is 0.345 e. The minimum Gasteiger partial charge on any atom is -0.345 e. The van der Waals surface area contributed by atoms with Crippen LogP contribution in [0.1, 0.15) is 77.7 Å². The SMILES string of the molecule is CCCCCC(C)(C)c1cnc(C(C)C)[nH]1. The van der Waals surface area contributed by atoms with Gasteiger partial charge < -0.3 is 4.98 Å². The predicted octanol–water partition coefficient (Wildman–Crippen LogP) is 4.39. The molecule has 0 radical (unpaired) electrons. The van der Waals surface area contributed by atoms with E-state index in [-0.39, 0.29) is 5.41 Å². The van der Waals surface area contributed by atoms with Gasteiger partial charge in [0, 0.05) is 23.2 Å². The molecule has 1 N–H and O–H groups in total. The number of hydrogen-bond donors (Lipinski definition) is 1. The van der Waals surface area contributed by atoms with Gasteiger partial charge in [-0.2, -0.15) is 0 Å². The van der Waals surface area contributed by atoms with E-state index >= 15 is 0 Å². The molecule has 0 aromatic carbocycles. The molecule has 1 aromatic rings. The lowest BCUT2D eigenvalue weighted by Gasteiger charge is -2.22. The number of hydrogen-bond acceptors (Lipinski definition) is 1. The molecule has 0 aliphatic rings. The van der Waals surface area contributed by atoms with Crippen molar-refractivity contribution in [2.75, 3.05) is 0 Å². The Morgan fingerprint density at radius 1 is 1.31 bits per heavy atom. The van der Waals surface area contributed by atoms with Crippen molar-refractivity contribution in [3.8, 4) is 0 Å². The molecule has 0 amide bonds. The molecule has 0 spiro atoms. The summed E-state index contributed by atoms with van der Waals surface area (Å²) in [5, 5.41) is 0. The molecule has 0 aliphatic heterocycles. The third kappa shape index (κ3) is 3.36. The fourth-order valence-corrected chi connectivity index (χ4v) is 1.93. The molecular formula is C14H26N2. The van der Waals surface area contributed by atoms with Crippen LogP contribution in [0.4, 0.5) is 0 Å². The van der Waals surface area contributed by atoms with Crippen molar-refractivity contribution < 1.29 is 0 Å². The van der Waals surface area contributed by atoms with E-state index in [2.05, 4.69) is 44.6 Å². The summed E-state index contributed by atoms with van der Waals surface area (Å²) in [6.45, 7) is 11.2. The zero-order valence-electron chi connectivity index (χ0n) is 11.4. The predicted molar refractivity (Wildman–Crippen MR) is 69.8 cm³/mol. The highest BCUT2D eigenvalue weighted by Gasteiger charge is 2.22. The molecule has 0 atom stereocenters. The van der Waals surface area contributed by atoms with Gasteiger partial charge in [0.15, 0.2) is 0 Å². The molecule has 16 heavy (non-hydrogen) atoms. The Morgan fingerprint density at radius 3 is 2.50 bits per heavy atom. The van der Waals surface area contributed by atoms with Crippen LogP contribution in [0.25, 0.3) is 0 Å². The average molecular weight is 222 g/mol. The fraction of sp³-hybridized carbons (Fsp3) is 0.786. The minimum atomic E-state index is 0.231. The van der Waals surface area contributed by atoms with Crippen LogP contribution >= 0.6 is 0 Å². The average Bonchev–Trinajstić information content (AvgIpc) is 2.67. The van der Waals surface area contributed by atoms with Crippen LogP contribution < -0.4 is 0 Å². The van der Waals surface area contributed by atoms with Crippen molar-refractivity contribution in [3.05, 3.63) is 17.7 Å². The summed E-state index contributed by atoms with van der Waals surface area (Å²) in [6, 6.07) is 0. The number of nitrogens with zero attached hydrogens (tertiary/aromatic N) is 1. The fourth-order valence-electron chi connectivity index (χ4n) is 1.93. The molecule has 0 bridgehead atoms. The monoisotopic (exact) mass is 222 g/mol. The van der Waals surface area contributed by atoms with Crippen molar-refractivity contribution in [3.63, 3.8) is 0 Å². The van der Waals surface area contributed by atoms with Crippen molar-refractivity contribution in [2.45, 2.75) is 71.6 Å². The minimum absolute atomic E-state index is 0.231.